The molecule has 2 amide bonds. The first-order chi connectivity index (χ1) is 8.50. The third-order valence-corrected chi connectivity index (χ3v) is 2.20. The van der Waals surface area contributed by atoms with Crippen LogP contribution >= 0.6 is 0 Å². The first-order valence-corrected chi connectivity index (χ1v) is 5.76. The van der Waals surface area contributed by atoms with Crippen LogP contribution in [0.4, 0.5) is 5.82 Å². The number of hydrogen-bond acceptors (Lipinski definition) is 4. The van der Waals surface area contributed by atoms with Gasteiger partial charge in [0, 0.05) is 12.7 Å². The van der Waals surface area contributed by atoms with Crippen molar-refractivity contribution in [1.29, 1.82) is 0 Å². The molecule has 0 unspecified atom stereocenters. The highest BCUT2D eigenvalue weighted by molar-refractivity contribution is 5.97. The Balaban J connectivity index is 2.53. The Kier molecular flexibility index (Phi) is 5.10. The minimum absolute atomic E-state index is 0.0595. The van der Waals surface area contributed by atoms with Crippen molar-refractivity contribution in [2.24, 2.45) is 11.7 Å². The number of primary amides is 1. The molecule has 0 bridgehead atoms. The highest BCUT2D eigenvalue weighted by atomic mass is 16.2. The topological polar surface area (TPSA) is 97.1 Å². The molecule has 6 nitrogen and oxygen atoms in total. The minimum Gasteiger partial charge on any atom is -0.365 e. The van der Waals surface area contributed by atoms with Gasteiger partial charge in [-0.05, 0) is 18.1 Å². The van der Waals surface area contributed by atoms with Crippen LogP contribution in [0.15, 0.2) is 18.3 Å². The molecule has 4 N–H and O–H groups in total. The zero-order valence-corrected chi connectivity index (χ0v) is 10.6. The predicted molar refractivity (Wildman–Crippen MR) is 69.1 cm³/mol. The van der Waals surface area contributed by atoms with Gasteiger partial charge in [-0.25, -0.2) is 4.98 Å². The molecule has 0 aliphatic heterocycles. The molecule has 0 fully saturated rings. The number of anilines is 1. The van der Waals surface area contributed by atoms with Crippen LogP contribution in [0.25, 0.3) is 0 Å². The average Bonchev–Trinajstić information content (AvgIpc) is 2.34. The average molecular weight is 250 g/mol. The van der Waals surface area contributed by atoms with Crippen molar-refractivity contribution in [2.75, 3.05) is 18.4 Å². The number of hydrogen-bond donors (Lipinski definition) is 3. The van der Waals surface area contributed by atoms with E-state index in [1.807, 2.05) is 13.8 Å². The first-order valence-electron chi connectivity index (χ1n) is 5.76. The molecule has 1 rings (SSSR count). The molecule has 0 radical (unpaired) electrons. The lowest BCUT2D eigenvalue weighted by Crippen LogP contribution is -2.33. The van der Waals surface area contributed by atoms with Crippen LogP contribution in [-0.4, -0.2) is 29.9 Å². The number of nitrogens with two attached hydrogens (primary N) is 1. The molecule has 0 spiro atoms. The number of carbonyl (C=O) groups excluding carboxylic acids is 2. The second-order valence-corrected chi connectivity index (χ2v) is 4.32. The molecule has 0 aliphatic carbocycles. The van der Waals surface area contributed by atoms with Crippen LogP contribution in [0, 0.1) is 5.92 Å². The number of pyridine rings is 1. The van der Waals surface area contributed by atoms with E-state index < -0.39 is 5.91 Å². The largest absolute Gasteiger partial charge is 0.365 e. The lowest BCUT2D eigenvalue weighted by Gasteiger charge is -2.10. The summed E-state index contributed by atoms with van der Waals surface area (Å²) in [6, 6.07) is 3.17. The Labute approximate surface area is 106 Å². The van der Waals surface area contributed by atoms with E-state index >= 15 is 0 Å². The second kappa shape index (κ2) is 6.58. The van der Waals surface area contributed by atoms with E-state index in [1.165, 1.54) is 6.20 Å². The van der Waals surface area contributed by atoms with Gasteiger partial charge in [-0.2, -0.15) is 0 Å². The fraction of sp³-hybridized carbons (Fsp3) is 0.417. The second-order valence-electron chi connectivity index (χ2n) is 4.32. The molecule has 1 aromatic heterocycles. The summed E-state index contributed by atoms with van der Waals surface area (Å²) in [5.74, 6) is -0.00681. The Morgan fingerprint density at radius 2 is 2.17 bits per heavy atom. The van der Waals surface area contributed by atoms with Crippen molar-refractivity contribution in [3.05, 3.63) is 23.9 Å². The predicted octanol–water partition coefficient (Wildman–Crippen LogP) is 0.365. The zero-order chi connectivity index (χ0) is 13.5. The van der Waals surface area contributed by atoms with Crippen molar-refractivity contribution >= 4 is 17.6 Å². The highest BCUT2D eigenvalue weighted by Gasteiger charge is 2.09. The summed E-state index contributed by atoms with van der Waals surface area (Å²) in [6.45, 7) is 4.70. The van der Waals surface area contributed by atoms with Gasteiger partial charge in [0.1, 0.15) is 5.82 Å². The SMILES string of the molecule is CC(C)CNC(=O)CNc1ncccc1C(N)=O. The summed E-state index contributed by atoms with van der Waals surface area (Å²) in [5.41, 5.74) is 5.47. The van der Waals surface area contributed by atoms with Gasteiger partial charge in [0.15, 0.2) is 0 Å². The summed E-state index contributed by atoms with van der Waals surface area (Å²) in [5, 5.41) is 5.55. The van der Waals surface area contributed by atoms with Crippen LogP contribution < -0.4 is 16.4 Å². The normalized spacial score (nSPS) is 10.2. The molecule has 0 atom stereocenters. The van der Waals surface area contributed by atoms with Gasteiger partial charge >= 0.3 is 0 Å². The maximum Gasteiger partial charge on any atom is 0.252 e. The first kappa shape index (κ1) is 14.0. The van der Waals surface area contributed by atoms with Crippen molar-refractivity contribution in [1.82, 2.24) is 10.3 Å². The summed E-state index contributed by atoms with van der Waals surface area (Å²) >= 11 is 0. The number of amides is 2. The molecule has 0 aliphatic rings. The molecule has 6 heteroatoms. The molecular formula is C12H18N4O2. The van der Waals surface area contributed by atoms with E-state index in [-0.39, 0.29) is 18.0 Å². The van der Waals surface area contributed by atoms with Gasteiger partial charge in [0.2, 0.25) is 5.91 Å². The molecule has 98 valence electrons. The third kappa shape index (κ3) is 4.40. The Hall–Kier alpha value is -2.11. The lowest BCUT2D eigenvalue weighted by atomic mass is 10.2. The Morgan fingerprint density at radius 1 is 1.44 bits per heavy atom. The molecule has 0 saturated heterocycles. The van der Waals surface area contributed by atoms with E-state index in [0.29, 0.717) is 18.3 Å². The van der Waals surface area contributed by atoms with Gasteiger partial charge in [-0.1, -0.05) is 13.8 Å². The summed E-state index contributed by atoms with van der Waals surface area (Å²) in [6.07, 6.45) is 1.53. The molecule has 1 aromatic rings. The molecular weight excluding hydrogens is 232 g/mol. The summed E-state index contributed by atoms with van der Waals surface area (Å²) in [4.78, 5) is 26.6. The maximum atomic E-state index is 11.5. The van der Waals surface area contributed by atoms with Gasteiger partial charge < -0.3 is 16.4 Å². The van der Waals surface area contributed by atoms with Crippen LogP contribution in [0.1, 0.15) is 24.2 Å². The Bertz CT molecular complexity index is 432. The number of nitrogens with one attached hydrogen (secondary N) is 2. The number of rotatable bonds is 6. The summed E-state index contributed by atoms with van der Waals surface area (Å²) < 4.78 is 0. The van der Waals surface area contributed by atoms with Crippen molar-refractivity contribution < 1.29 is 9.59 Å². The van der Waals surface area contributed by atoms with Crippen LogP contribution in [-0.2, 0) is 4.79 Å². The van der Waals surface area contributed by atoms with Gasteiger partial charge in [0.05, 0.1) is 12.1 Å². The third-order valence-electron chi connectivity index (χ3n) is 2.20. The fourth-order valence-electron chi connectivity index (χ4n) is 1.29. The van der Waals surface area contributed by atoms with E-state index in [1.54, 1.807) is 12.1 Å². The monoisotopic (exact) mass is 250 g/mol. The van der Waals surface area contributed by atoms with Crippen LogP contribution in [0.2, 0.25) is 0 Å². The smallest absolute Gasteiger partial charge is 0.252 e. The molecule has 0 aromatic carbocycles. The zero-order valence-electron chi connectivity index (χ0n) is 10.6. The van der Waals surface area contributed by atoms with Crippen molar-refractivity contribution in [3.8, 4) is 0 Å². The Morgan fingerprint density at radius 3 is 2.78 bits per heavy atom. The molecule has 18 heavy (non-hydrogen) atoms. The van der Waals surface area contributed by atoms with Gasteiger partial charge in [-0.3, -0.25) is 9.59 Å². The van der Waals surface area contributed by atoms with Gasteiger partial charge in [-0.15, -0.1) is 0 Å². The highest BCUT2D eigenvalue weighted by Crippen LogP contribution is 2.09. The van der Waals surface area contributed by atoms with Crippen molar-refractivity contribution in [3.63, 3.8) is 0 Å². The standard InChI is InChI=1S/C12H18N4O2/c1-8(2)6-15-10(17)7-16-12-9(11(13)18)4-3-5-14-12/h3-5,8H,6-7H2,1-2H3,(H2,13,18)(H,14,16)(H,15,17). The number of nitrogens with zero attached hydrogens (tertiary/aromatic N) is 1. The number of carbonyl (C=O) groups is 2. The number of aromatic nitrogens is 1. The van der Waals surface area contributed by atoms with Gasteiger partial charge in [0.25, 0.3) is 5.91 Å². The van der Waals surface area contributed by atoms with Crippen LogP contribution in [0.5, 0.6) is 0 Å². The van der Waals surface area contributed by atoms with E-state index in [9.17, 15) is 9.59 Å². The molecule has 1 heterocycles. The minimum atomic E-state index is -0.576. The summed E-state index contributed by atoms with van der Waals surface area (Å²) in [7, 11) is 0. The fourth-order valence-corrected chi connectivity index (χ4v) is 1.29. The van der Waals surface area contributed by atoms with E-state index in [0.717, 1.165) is 0 Å². The van der Waals surface area contributed by atoms with E-state index in [2.05, 4.69) is 15.6 Å². The maximum absolute atomic E-state index is 11.5. The molecule has 0 saturated carbocycles. The van der Waals surface area contributed by atoms with E-state index in [4.69, 9.17) is 5.73 Å². The lowest BCUT2D eigenvalue weighted by molar-refractivity contribution is -0.119. The van der Waals surface area contributed by atoms with Crippen molar-refractivity contribution in [2.45, 2.75) is 13.8 Å². The quantitative estimate of drug-likeness (QED) is 0.679. The van der Waals surface area contributed by atoms with Crippen LogP contribution in [0.3, 0.4) is 0 Å².